The molecule has 0 fully saturated rings. The number of carbonyl (C=O) groups is 1. The van der Waals surface area contributed by atoms with Gasteiger partial charge in [-0.15, -0.1) is 0 Å². The highest BCUT2D eigenvalue weighted by molar-refractivity contribution is 5.99. The fraction of sp³-hybridized carbons (Fsp3) is 0.462. The molecule has 0 amide bonds. The molecule has 1 unspecified atom stereocenters. The zero-order valence-corrected chi connectivity index (χ0v) is 10.1. The molecule has 2 N–H and O–H groups in total. The lowest BCUT2D eigenvalue weighted by atomic mass is 10.1. The van der Waals surface area contributed by atoms with Gasteiger partial charge in [0.15, 0.2) is 5.78 Å². The molecular formula is C13H19NO2. The molecule has 0 aliphatic heterocycles. The van der Waals surface area contributed by atoms with Gasteiger partial charge in [-0.25, -0.2) is 0 Å². The normalized spacial score (nSPS) is 12.2. The molecule has 0 heterocycles. The minimum atomic E-state index is -0.321. The summed E-state index contributed by atoms with van der Waals surface area (Å²) < 4.78 is 0. The van der Waals surface area contributed by atoms with Crippen LogP contribution >= 0.6 is 0 Å². The van der Waals surface area contributed by atoms with E-state index in [4.69, 9.17) is 5.11 Å². The Balaban J connectivity index is 2.76. The van der Waals surface area contributed by atoms with Gasteiger partial charge in [0, 0.05) is 17.8 Å². The van der Waals surface area contributed by atoms with Crippen molar-refractivity contribution in [3.63, 3.8) is 0 Å². The number of anilines is 1. The van der Waals surface area contributed by atoms with Gasteiger partial charge < -0.3 is 10.4 Å². The lowest BCUT2D eigenvalue weighted by Gasteiger charge is -2.12. The summed E-state index contributed by atoms with van der Waals surface area (Å²) >= 11 is 0. The maximum atomic E-state index is 11.4. The summed E-state index contributed by atoms with van der Waals surface area (Å²) in [6.45, 7) is 5.97. The third-order valence-electron chi connectivity index (χ3n) is 2.43. The highest BCUT2D eigenvalue weighted by Crippen LogP contribution is 2.18. The standard InChI is InChI=1S/C13H19NO2/c1-9-4-5-12(11(3)16)13(8-9)14-7-6-10(2)15/h4-5,8,10,14-15H,6-7H2,1-3H3. The number of ketones is 1. The zero-order chi connectivity index (χ0) is 12.1. The molecule has 1 aromatic carbocycles. The molecule has 1 atom stereocenters. The number of aliphatic hydroxyl groups is 1. The lowest BCUT2D eigenvalue weighted by Crippen LogP contribution is -2.11. The first-order valence-electron chi connectivity index (χ1n) is 5.54. The van der Waals surface area contributed by atoms with Gasteiger partial charge in [-0.05, 0) is 44.9 Å². The summed E-state index contributed by atoms with van der Waals surface area (Å²) in [5, 5.41) is 12.3. The van der Waals surface area contributed by atoms with Crippen LogP contribution in [-0.4, -0.2) is 23.5 Å². The summed E-state index contributed by atoms with van der Waals surface area (Å²) in [6.07, 6.45) is 0.351. The second-order valence-electron chi connectivity index (χ2n) is 4.17. The van der Waals surface area contributed by atoms with Crippen LogP contribution in [0.15, 0.2) is 18.2 Å². The van der Waals surface area contributed by atoms with Gasteiger partial charge in [-0.2, -0.15) is 0 Å². The average Bonchev–Trinajstić information content (AvgIpc) is 2.16. The van der Waals surface area contributed by atoms with Crippen LogP contribution < -0.4 is 5.32 Å². The van der Waals surface area contributed by atoms with E-state index >= 15 is 0 Å². The molecule has 0 saturated carbocycles. The number of aliphatic hydroxyl groups excluding tert-OH is 1. The predicted octanol–water partition coefficient (Wildman–Crippen LogP) is 2.38. The maximum absolute atomic E-state index is 11.4. The van der Waals surface area contributed by atoms with E-state index in [0.717, 1.165) is 11.3 Å². The highest BCUT2D eigenvalue weighted by Gasteiger charge is 2.06. The van der Waals surface area contributed by atoms with Crippen molar-refractivity contribution in [1.29, 1.82) is 0 Å². The Labute approximate surface area is 96.5 Å². The van der Waals surface area contributed by atoms with Gasteiger partial charge in [0.25, 0.3) is 0 Å². The number of Topliss-reactive ketones (excluding diaryl/α,β-unsaturated/α-hetero) is 1. The van der Waals surface area contributed by atoms with Crippen LogP contribution in [0.1, 0.15) is 36.2 Å². The van der Waals surface area contributed by atoms with E-state index < -0.39 is 0 Å². The van der Waals surface area contributed by atoms with Crippen molar-refractivity contribution in [3.8, 4) is 0 Å². The molecule has 16 heavy (non-hydrogen) atoms. The minimum absolute atomic E-state index is 0.0551. The number of hydrogen-bond acceptors (Lipinski definition) is 3. The van der Waals surface area contributed by atoms with E-state index in [0.29, 0.717) is 18.5 Å². The second-order valence-corrected chi connectivity index (χ2v) is 4.17. The monoisotopic (exact) mass is 221 g/mol. The third kappa shape index (κ3) is 3.66. The number of benzene rings is 1. The molecule has 0 radical (unpaired) electrons. The molecule has 0 aromatic heterocycles. The molecule has 0 saturated heterocycles. The number of aryl methyl sites for hydroxylation is 1. The van der Waals surface area contributed by atoms with Crippen molar-refractivity contribution in [1.82, 2.24) is 0 Å². The first kappa shape index (κ1) is 12.7. The quantitative estimate of drug-likeness (QED) is 0.750. The Hall–Kier alpha value is -1.35. The summed E-state index contributed by atoms with van der Waals surface area (Å²) in [7, 11) is 0. The fourth-order valence-electron chi connectivity index (χ4n) is 1.53. The Bertz CT molecular complexity index is 372. The Morgan fingerprint density at radius 1 is 1.50 bits per heavy atom. The van der Waals surface area contributed by atoms with Crippen LogP contribution in [0.4, 0.5) is 5.69 Å². The third-order valence-corrected chi connectivity index (χ3v) is 2.43. The van der Waals surface area contributed by atoms with Crippen LogP contribution in [0.2, 0.25) is 0 Å². The van der Waals surface area contributed by atoms with Crippen molar-refractivity contribution in [2.45, 2.75) is 33.3 Å². The molecule has 0 bridgehead atoms. The van der Waals surface area contributed by atoms with Gasteiger partial charge in [0.2, 0.25) is 0 Å². The zero-order valence-electron chi connectivity index (χ0n) is 10.1. The fourth-order valence-corrected chi connectivity index (χ4v) is 1.53. The molecule has 1 rings (SSSR count). The number of carbonyl (C=O) groups excluding carboxylic acids is 1. The number of hydrogen-bond donors (Lipinski definition) is 2. The molecule has 3 heteroatoms. The van der Waals surface area contributed by atoms with E-state index in [2.05, 4.69) is 5.32 Å². The number of nitrogens with one attached hydrogen (secondary N) is 1. The van der Waals surface area contributed by atoms with Crippen LogP contribution in [-0.2, 0) is 0 Å². The van der Waals surface area contributed by atoms with Crippen LogP contribution in [0.3, 0.4) is 0 Å². The van der Waals surface area contributed by atoms with E-state index in [1.807, 2.05) is 25.1 Å². The molecule has 0 spiro atoms. The first-order valence-corrected chi connectivity index (χ1v) is 5.54. The second kappa shape index (κ2) is 5.66. The molecule has 0 aliphatic rings. The van der Waals surface area contributed by atoms with Crippen molar-refractivity contribution in [2.75, 3.05) is 11.9 Å². The highest BCUT2D eigenvalue weighted by atomic mass is 16.3. The summed E-state index contributed by atoms with van der Waals surface area (Å²) in [6, 6.07) is 5.72. The van der Waals surface area contributed by atoms with Crippen LogP contribution in [0, 0.1) is 6.92 Å². The lowest BCUT2D eigenvalue weighted by molar-refractivity contribution is 0.101. The van der Waals surface area contributed by atoms with Crippen LogP contribution in [0.25, 0.3) is 0 Å². The maximum Gasteiger partial charge on any atom is 0.161 e. The molecule has 88 valence electrons. The number of rotatable bonds is 5. The smallest absolute Gasteiger partial charge is 0.161 e. The Kier molecular flexibility index (Phi) is 4.50. The topological polar surface area (TPSA) is 49.3 Å². The van der Waals surface area contributed by atoms with Crippen LogP contribution in [0.5, 0.6) is 0 Å². The average molecular weight is 221 g/mol. The van der Waals surface area contributed by atoms with Crippen molar-refractivity contribution in [2.24, 2.45) is 0 Å². The van der Waals surface area contributed by atoms with Gasteiger partial charge in [0.1, 0.15) is 0 Å². The van der Waals surface area contributed by atoms with Crippen molar-refractivity contribution >= 4 is 11.5 Å². The summed E-state index contributed by atoms with van der Waals surface area (Å²) in [5.41, 5.74) is 2.67. The SMILES string of the molecule is CC(=O)c1ccc(C)cc1NCCC(C)O. The van der Waals surface area contributed by atoms with Gasteiger partial charge in [-0.3, -0.25) is 4.79 Å². The van der Waals surface area contributed by atoms with Crippen molar-refractivity contribution in [3.05, 3.63) is 29.3 Å². The molecule has 3 nitrogen and oxygen atoms in total. The predicted molar refractivity (Wildman–Crippen MR) is 66.0 cm³/mol. The summed E-state index contributed by atoms with van der Waals surface area (Å²) in [4.78, 5) is 11.4. The first-order chi connectivity index (χ1) is 7.50. The summed E-state index contributed by atoms with van der Waals surface area (Å²) in [5.74, 6) is 0.0551. The molecule has 0 aliphatic carbocycles. The minimum Gasteiger partial charge on any atom is -0.393 e. The molecular weight excluding hydrogens is 202 g/mol. The van der Waals surface area contributed by atoms with E-state index in [1.165, 1.54) is 0 Å². The molecule has 1 aromatic rings. The van der Waals surface area contributed by atoms with E-state index in [-0.39, 0.29) is 11.9 Å². The Morgan fingerprint density at radius 3 is 2.75 bits per heavy atom. The van der Waals surface area contributed by atoms with Gasteiger partial charge in [0.05, 0.1) is 6.10 Å². The van der Waals surface area contributed by atoms with E-state index in [9.17, 15) is 4.79 Å². The largest absolute Gasteiger partial charge is 0.393 e. The van der Waals surface area contributed by atoms with E-state index in [1.54, 1.807) is 13.8 Å². The van der Waals surface area contributed by atoms with Crippen molar-refractivity contribution < 1.29 is 9.90 Å². The van der Waals surface area contributed by atoms with Gasteiger partial charge >= 0.3 is 0 Å². The van der Waals surface area contributed by atoms with Gasteiger partial charge in [-0.1, -0.05) is 6.07 Å². The Morgan fingerprint density at radius 2 is 2.19 bits per heavy atom.